The third-order valence-electron chi connectivity index (χ3n) is 7.77. The van der Waals surface area contributed by atoms with Crippen molar-refractivity contribution in [3.63, 3.8) is 0 Å². The molecular weight excluding hydrogens is 621 g/mol. The summed E-state index contributed by atoms with van der Waals surface area (Å²) in [6.07, 6.45) is 0. The molecule has 1 N–H and O–H groups in total. The van der Waals surface area contributed by atoms with E-state index in [1.165, 1.54) is 22.0 Å². The summed E-state index contributed by atoms with van der Waals surface area (Å²) in [5, 5.41) is 21.8. The molecule has 3 aromatic heterocycles. The molecule has 0 spiro atoms. The molecule has 1 fully saturated rings. The quantitative estimate of drug-likeness (QED) is 0.230. The van der Waals surface area contributed by atoms with E-state index in [-0.39, 0.29) is 47.3 Å². The van der Waals surface area contributed by atoms with Crippen molar-refractivity contribution in [1.82, 2.24) is 19.4 Å². The molecule has 0 atom stereocenters. The van der Waals surface area contributed by atoms with Crippen molar-refractivity contribution in [2.45, 2.75) is 26.9 Å². The summed E-state index contributed by atoms with van der Waals surface area (Å²) in [5.41, 5.74) is 2.33. The normalized spacial score (nSPS) is 13.8. The minimum absolute atomic E-state index is 0.0163. The molecule has 0 amide bonds. The molecule has 1 aliphatic heterocycles. The van der Waals surface area contributed by atoms with Gasteiger partial charge in [-0.3, -0.25) is 19.2 Å². The Kier molecular flexibility index (Phi) is 8.52. The molecule has 0 unspecified atom stereocenters. The summed E-state index contributed by atoms with van der Waals surface area (Å²) in [4.78, 5) is 36.5. The van der Waals surface area contributed by atoms with Crippen molar-refractivity contribution in [2.75, 3.05) is 32.9 Å². The van der Waals surface area contributed by atoms with E-state index in [2.05, 4.69) is 16.0 Å². The Hall–Kier alpha value is -4.41. The van der Waals surface area contributed by atoms with Crippen molar-refractivity contribution in [1.29, 1.82) is 5.26 Å². The molecule has 1 aliphatic rings. The number of carboxylic acid groups (broad SMARTS) is 1. The van der Waals surface area contributed by atoms with Crippen molar-refractivity contribution in [3.05, 3.63) is 85.1 Å². The fourth-order valence-electron chi connectivity index (χ4n) is 5.60. The van der Waals surface area contributed by atoms with E-state index in [1.807, 2.05) is 11.0 Å². The summed E-state index contributed by atoms with van der Waals surface area (Å²) in [7, 11) is 0. The van der Waals surface area contributed by atoms with Crippen LogP contribution in [0.25, 0.3) is 32.2 Å². The zero-order valence-electron chi connectivity index (χ0n) is 24.4. The number of benzene rings is 2. The lowest BCUT2D eigenvalue weighted by atomic mass is 10.0. The third kappa shape index (κ3) is 5.87. The summed E-state index contributed by atoms with van der Waals surface area (Å²) >= 11 is 7.65. The van der Waals surface area contributed by atoms with E-state index in [0.29, 0.717) is 64.4 Å². The number of carboxylic acids is 1. The molecule has 0 saturated carbocycles. The number of nitrogens with zero attached hydrogens (tertiary/aromatic N) is 5. The molecule has 0 bridgehead atoms. The summed E-state index contributed by atoms with van der Waals surface area (Å²) in [6, 6.07) is 10.3. The molecule has 6 rings (SSSR count). The number of halogens is 2. The minimum Gasteiger partial charge on any atom is -0.491 e. The SMILES string of the molecule is Cc1cc(-c2cc(Cl)ccc2OCCn2c(C)nc3cc(F)c(CN4CCOCC4)c(C#N)c3c2=O)c2scc(C(=O)O)c2n1. The fourth-order valence-corrected chi connectivity index (χ4v) is 6.78. The Bertz CT molecular complexity index is 2080. The van der Waals surface area contributed by atoms with Crippen LogP contribution in [-0.2, 0) is 17.8 Å². The van der Waals surface area contributed by atoms with E-state index in [9.17, 15) is 20.0 Å². The van der Waals surface area contributed by atoms with Gasteiger partial charge in [0.2, 0.25) is 0 Å². The van der Waals surface area contributed by atoms with Crippen molar-refractivity contribution >= 4 is 50.0 Å². The third-order valence-corrected chi connectivity index (χ3v) is 9.01. The molecule has 0 aliphatic carbocycles. The van der Waals surface area contributed by atoms with Gasteiger partial charge in [0, 0.05) is 58.5 Å². The number of hydrogen-bond acceptors (Lipinski definition) is 9. The molecule has 230 valence electrons. The first-order chi connectivity index (χ1) is 21.7. The Labute approximate surface area is 265 Å². The van der Waals surface area contributed by atoms with E-state index in [4.69, 9.17) is 21.1 Å². The maximum atomic E-state index is 15.2. The van der Waals surface area contributed by atoms with Crippen LogP contribution in [-0.4, -0.2) is 63.4 Å². The first kappa shape index (κ1) is 30.6. The predicted octanol–water partition coefficient (Wildman–Crippen LogP) is 5.56. The number of aromatic carboxylic acids is 1. The Balaban J connectivity index is 1.33. The monoisotopic (exact) mass is 647 g/mol. The second-order valence-electron chi connectivity index (χ2n) is 10.7. The first-order valence-electron chi connectivity index (χ1n) is 14.1. The smallest absolute Gasteiger partial charge is 0.338 e. The molecule has 0 radical (unpaired) electrons. The van der Waals surface area contributed by atoms with Gasteiger partial charge in [0.1, 0.15) is 30.1 Å². The second kappa shape index (κ2) is 12.5. The number of aryl methyl sites for hydroxylation is 2. The fraction of sp³-hybridized carbons (Fsp3) is 0.281. The van der Waals surface area contributed by atoms with Crippen LogP contribution in [0.1, 0.15) is 33.0 Å². The lowest BCUT2D eigenvalue weighted by molar-refractivity contribution is 0.0337. The van der Waals surface area contributed by atoms with Gasteiger partial charge < -0.3 is 14.6 Å². The highest BCUT2D eigenvalue weighted by Gasteiger charge is 2.23. The number of pyridine rings is 1. The zero-order chi connectivity index (χ0) is 31.8. The summed E-state index contributed by atoms with van der Waals surface area (Å²) in [6.45, 7) is 6.00. The maximum absolute atomic E-state index is 15.2. The highest BCUT2D eigenvalue weighted by Crippen LogP contribution is 2.40. The Morgan fingerprint density at radius 2 is 1.98 bits per heavy atom. The van der Waals surface area contributed by atoms with Crippen LogP contribution >= 0.6 is 22.9 Å². The van der Waals surface area contributed by atoms with E-state index >= 15 is 4.39 Å². The number of aromatic nitrogens is 3. The Morgan fingerprint density at radius 3 is 2.71 bits per heavy atom. The van der Waals surface area contributed by atoms with Gasteiger partial charge in [0.25, 0.3) is 5.56 Å². The van der Waals surface area contributed by atoms with Gasteiger partial charge in [-0.1, -0.05) is 11.6 Å². The van der Waals surface area contributed by atoms with Crippen molar-refractivity contribution < 1.29 is 23.8 Å². The average molecular weight is 648 g/mol. The van der Waals surface area contributed by atoms with E-state index in [0.717, 1.165) is 5.56 Å². The lowest BCUT2D eigenvalue weighted by Gasteiger charge is -2.27. The number of ether oxygens (including phenoxy) is 2. The van der Waals surface area contributed by atoms with Gasteiger partial charge in [-0.05, 0) is 38.1 Å². The number of rotatable bonds is 8. The van der Waals surface area contributed by atoms with Crippen LogP contribution in [0.3, 0.4) is 0 Å². The van der Waals surface area contributed by atoms with Crippen molar-refractivity contribution in [3.8, 4) is 22.9 Å². The van der Waals surface area contributed by atoms with Gasteiger partial charge in [-0.25, -0.2) is 14.2 Å². The zero-order valence-corrected chi connectivity index (χ0v) is 26.0. The molecule has 1 saturated heterocycles. The highest BCUT2D eigenvalue weighted by atomic mass is 35.5. The molecule has 4 heterocycles. The molecule has 2 aromatic carbocycles. The van der Waals surface area contributed by atoms with Crippen LogP contribution < -0.4 is 10.3 Å². The van der Waals surface area contributed by atoms with E-state index < -0.39 is 17.3 Å². The number of fused-ring (bicyclic) bond motifs is 2. The van der Waals surface area contributed by atoms with Crippen molar-refractivity contribution in [2.24, 2.45) is 0 Å². The van der Waals surface area contributed by atoms with Gasteiger partial charge in [-0.15, -0.1) is 11.3 Å². The van der Waals surface area contributed by atoms with Crippen LogP contribution in [0, 0.1) is 31.0 Å². The largest absolute Gasteiger partial charge is 0.491 e. The lowest BCUT2D eigenvalue weighted by Crippen LogP contribution is -2.36. The van der Waals surface area contributed by atoms with Gasteiger partial charge in [-0.2, -0.15) is 5.26 Å². The molecular formula is C32H27ClFN5O5S. The van der Waals surface area contributed by atoms with Crippen LogP contribution in [0.2, 0.25) is 5.02 Å². The number of nitriles is 1. The van der Waals surface area contributed by atoms with Crippen LogP contribution in [0.4, 0.5) is 4.39 Å². The molecule has 13 heteroatoms. The average Bonchev–Trinajstić information content (AvgIpc) is 3.44. The topological polar surface area (TPSA) is 131 Å². The van der Waals surface area contributed by atoms with Crippen LogP contribution in [0.5, 0.6) is 5.75 Å². The summed E-state index contributed by atoms with van der Waals surface area (Å²) < 4.78 is 28.9. The van der Waals surface area contributed by atoms with Gasteiger partial charge >= 0.3 is 5.97 Å². The number of thiophene rings is 1. The molecule has 5 aromatic rings. The Morgan fingerprint density at radius 1 is 1.20 bits per heavy atom. The molecule has 10 nitrogen and oxygen atoms in total. The van der Waals surface area contributed by atoms with Gasteiger partial charge in [0.05, 0.1) is 52.0 Å². The van der Waals surface area contributed by atoms with Gasteiger partial charge in [0.15, 0.2) is 0 Å². The second-order valence-corrected chi connectivity index (χ2v) is 12.0. The minimum atomic E-state index is -1.06. The maximum Gasteiger partial charge on any atom is 0.338 e. The number of morpholine rings is 1. The predicted molar refractivity (Wildman–Crippen MR) is 169 cm³/mol. The van der Waals surface area contributed by atoms with E-state index in [1.54, 1.807) is 37.4 Å². The first-order valence-corrected chi connectivity index (χ1v) is 15.4. The van der Waals surface area contributed by atoms with Crippen LogP contribution in [0.15, 0.2) is 40.5 Å². The molecule has 45 heavy (non-hydrogen) atoms. The standard InChI is InChI=1S/C32H27ClFN5O5S/c1-17-11-21(30-29(36-17)24(16-45-30)32(41)42)20-12-19(33)3-4-27(20)44-10-7-39-18(2)37-26-13-25(34)23(15-38-5-8-43-9-6-38)22(14-35)28(26)31(39)40/h3-4,11-13,16H,5-10,15H2,1-2H3,(H,41,42). The summed E-state index contributed by atoms with van der Waals surface area (Å²) in [5.74, 6) is -0.811. The number of hydrogen-bond donors (Lipinski definition) is 1. The highest BCUT2D eigenvalue weighted by molar-refractivity contribution is 7.18. The number of carbonyl (C=O) groups is 1.